The maximum absolute atomic E-state index is 12.4. The van der Waals surface area contributed by atoms with Gasteiger partial charge in [-0.3, -0.25) is 4.90 Å². The van der Waals surface area contributed by atoms with Gasteiger partial charge in [-0.2, -0.15) is 0 Å². The Labute approximate surface area is 129 Å². The third kappa shape index (κ3) is 3.90. The zero-order chi connectivity index (χ0) is 16.5. The maximum atomic E-state index is 12.4. The van der Waals surface area contributed by atoms with Gasteiger partial charge >= 0.3 is 12.1 Å². The van der Waals surface area contributed by atoms with Crippen LogP contribution in [0.2, 0.25) is 0 Å². The fourth-order valence-electron chi connectivity index (χ4n) is 2.21. The van der Waals surface area contributed by atoms with E-state index in [4.69, 9.17) is 4.74 Å². The SMILES string of the molecule is CC(C)(C)OC(=O)N(C1CC1)C(C(=O)O)c1ccc(O)cc1. The van der Waals surface area contributed by atoms with Gasteiger partial charge in [0.25, 0.3) is 0 Å². The third-order valence-electron chi connectivity index (χ3n) is 3.27. The topological polar surface area (TPSA) is 87.1 Å². The van der Waals surface area contributed by atoms with E-state index in [0.717, 1.165) is 12.8 Å². The number of carboxylic acid groups (broad SMARTS) is 1. The lowest BCUT2D eigenvalue weighted by molar-refractivity contribution is -0.143. The highest BCUT2D eigenvalue weighted by Gasteiger charge is 2.43. The summed E-state index contributed by atoms with van der Waals surface area (Å²) < 4.78 is 5.35. The van der Waals surface area contributed by atoms with Crippen molar-refractivity contribution in [1.82, 2.24) is 4.90 Å². The third-order valence-corrected chi connectivity index (χ3v) is 3.27. The highest BCUT2D eigenvalue weighted by molar-refractivity contribution is 5.82. The van der Waals surface area contributed by atoms with E-state index in [-0.39, 0.29) is 11.8 Å². The average molecular weight is 307 g/mol. The molecule has 1 aliphatic carbocycles. The second kappa shape index (κ2) is 5.87. The van der Waals surface area contributed by atoms with Crippen LogP contribution in [0.3, 0.4) is 0 Å². The standard InChI is InChI=1S/C16H21NO5/c1-16(2,3)22-15(21)17(11-6-7-11)13(14(19)20)10-4-8-12(18)9-5-10/h4-5,8-9,11,13,18H,6-7H2,1-3H3,(H,19,20). The number of amides is 1. The number of nitrogens with zero attached hydrogens (tertiary/aromatic N) is 1. The molecule has 1 aromatic carbocycles. The van der Waals surface area contributed by atoms with Crippen LogP contribution in [0.5, 0.6) is 5.75 Å². The summed E-state index contributed by atoms with van der Waals surface area (Å²) in [6.45, 7) is 5.23. The number of phenolic OH excluding ortho intramolecular Hbond substituents is 1. The molecule has 0 aliphatic heterocycles. The lowest BCUT2D eigenvalue weighted by Crippen LogP contribution is -2.43. The van der Waals surface area contributed by atoms with Crippen molar-refractivity contribution in [2.24, 2.45) is 0 Å². The maximum Gasteiger partial charge on any atom is 0.411 e. The van der Waals surface area contributed by atoms with E-state index < -0.39 is 23.7 Å². The van der Waals surface area contributed by atoms with Crippen molar-refractivity contribution in [3.8, 4) is 5.75 Å². The number of hydrogen-bond donors (Lipinski definition) is 2. The van der Waals surface area contributed by atoms with Crippen LogP contribution in [0.15, 0.2) is 24.3 Å². The van der Waals surface area contributed by atoms with E-state index in [1.165, 1.54) is 29.2 Å². The number of ether oxygens (including phenoxy) is 1. The summed E-state index contributed by atoms with van der Waals surface area (Å²) in [5, 5.41) is 18.9. The van der Waals surface area contributed by atoms with Gasteiger partial charge in [0, 0.05) is 6.04 Å². The zero-order valence-corrected chi connectivity index (χ0v) is 12.9. The van der Waals surface area contributed by atoms with Gasteiger partial charge in [-0.05, 0) is 51.3 Å². The fraction of sp³-hybridized carbons (Fsp3) is 0.500. The lowest BCUT2D eigenvalue weighted by Gasteiger charge is -2.31. The van der Waals surface area contributed by atoms with Crippen molar-refractivity contribution in [1.29, 1.82) is 0 Å². The van der Waals surface area contributed by atoms with Crippen molar-refractivity contribution < 1.29 is 24.5 Å². The molecule has 0 aromatic heterocycles. The molecule has 1 saturated carbocycles. The molecule has 0 radical (unpaired) electrons. The minimum absolute atomic E-state index is 0.0446. The van der Waals surface area contributed by atoms with Gasteiger partial charge in [0.2, 0.25) is 0 Å². The number of carbonyl (C=O) groups is 2. The Balaban J connectivity index is 2.32. The zero-order valence-electron chi connectivity index (χ0n) is 12.9. The molecule has 120 valence electrons. The van der Waals surface area contributed by atoms with E-state index in [1.54, 1.807) is 20.8 Å². The van der Waals surface area contributed by atoms with Gasteiger partial charge in [0.15, 0.2) is 6.04 Å². The van der Waals surface area contributed by atoms with Crippen LogP contribution in [0.25, 0.3) is 0 Å². The van der Waals surface area contributed by atoms with E-state index in [0.29, 0.717) is 5.56 Å². The summed E-state index contributed by atoms with van der Waals surface area (Å²) in [6, 6.07) is 4.59. The molecule has 1 aromatic rings. The predicted molar refractivity (Wildman–Crippen MR) is 79.6 cm³/mol. The summed E-state index contributed by atoms with van der Waals surface area (Å²) in [7, 11) is 0. The second-order valence-electron chi connectivity index (χ2n) is 6.45. The molecular formula is C16H21NO5. The average Bonchev–Trinajstić information content (AvgIpc) is 3.18. The fourth-order valence-corrected chi connectivity index (χ4v) is 2.21. The number of aromatic hydroxyl groups is 1. The molecule has 0 saturated heterocycles. The molecule has 2 rings (SSSR count). The first-order chi connectivity index (χ1) is 10.2. The normalized spacial score (nSPS) is 16.0. The van der Waals surface area contributed by atoms with Crippen molar-refractivity contribution in [2.45, 2.75) is 51.3 Å². The Kier molecular flexibility index (Phi) is 4.30. The van der Waals surface area contributed by atoms with Crippen LogP contribution < -0.4 is 0 Å². The Bertz CT molecular complexity index is 557. The number of phenols is 1. The number of aliphatic carboxylic acids is 1. The van der Waals surface area contributed by atoms with Gasteiger partial charge < -0.3 is 14.9 Å². The number of carbonyl (C=O) groups excluding carboxylic acids is 1. The Morgan fingerprint density at radius 1 is 1.23 bits per heavy atom. The Morgan fingerprint density at radius 2 is 1.77 bits per heavy atom. The van der Waals surface area contributed by atoms with Gasteiger partial charge in [-0.15, -0.1) is 0 Å². The highest BCUT2D eigenvalue weighted by atomic mass is 16.6. The molecule has 1 amide bonds. The monoisotopic (exact) mass is 307 g/mol. The molecule has 6 nitrogen and oxygen atoms in total. The molecule has 1 fully saturated rings. The smallest absolute Gasteiger partial charge is 0.411 e. The Morgan fingerprint density at radius 3 is 2.18 bits per heavy atom. The molecule has 2 N–H and O–H groups in total. The largest absolute Gasteiger partial charge is 0.508 e. The summed E-state index contributed by atoms with van der Waals surface area (Å²) in [5.74, 6) is -1.08. The quantitative estimate of drug-likeness (QED) is 0.893. The number of hydrogen-bond acceptors (Lipinski definition) is 4. The summed E-state index contributed by atoms with van der Waals surface area (Å²) in [5.41, 5.74) is -0.259. The summed E-state index contributed by atoms with van der Waals surface area (Å²) >= 11 is 0. The van der Waals surface area contributed by atoms with E-state index in [2.05, 4.69) is 0 Å². The van der Waals surface area contributed by atoms with Gasteiger partial charge in [0.1, 0.15) is 11.4 Å². The molecule has 6 heteroatoms. The Hall–Kier alpha value is -2.24. The first kappa shape index (κ1) is 16.1. The molecule has 1 aliphatic rings. The predicted octanol–water partition coefficient (Wildman–Crippen LogP) is 2.92. The number of benzene rings is 1. The number of rotatable bonds is 4. The summed E-state index contributed by atoms with van der Waals surface area (Å²) in [6.07, 6.45) is 0.901. The minimum Gasteiger partial charge on any atom is -0.508 e. The van der Waals surface area contributed by atoms with Gasteiger partial charge in [0.05, 0.1) is 0 Å². The molecule has 1 unspecified atom stereocenters. The molecule has 1 atom stereocenters. The number of carboxylic acids is 1. The van der Waals surface area contributed by atoms with Gasteiger partial charge in [-0.25, -0.2) is 9.59 Å². The van der Waals surface area contributed by atoms with Gasteiger partial charge in [-0.1, -0.05) is 12.1 Å². The minimum atomic E-state index is -1.12. The van der Waals surface area contributed by atoms with Crippen LogP contribution >= 0.6 is 0 Å². The molecule has 22 heavy (non-hydrogen) atoms. The van der Waals surface area contributed by atoms with Crippen LogP contribution in [0, 0.1) is 0 Å². The van der Waals surface area contributed by atoms with Crippen molar-refractivity contribution in [3.05, 3.63) is 29.8 Å². The van der Waals surface area contributed by atoms with Crippen molar-refractivity contribution in [2.75, 3.05) is 0 Å². The highest BCUT2D eigenvalue weighted by Crippen LogP contribution is 2.36. The molecule has 0 heterocycles. The molecule has 0 spiro atoms. The van der Waals surface area contributed by atoms with Crippen LogP contribution in [0.1, 0.15) is 45.2 Å². The van der Waals surface area contributed by atoms with E-state index in [9.17, 15) is 19.8 Å². The van der Waals surface area contributed by atoms with Crippen molar-refractivity contribution in [3.63, 3.8) is 0 Å². The van der Waals surface area contributed by atoms with Crippen LogP contribution in [-0.2, 0) is 9.53 Å². The molecular weight excluding hydrogens is 286 g/mol. The van der Waals surface area contributed by atoms with E-state index >= 15 is 0 Å². The first-order valence-electron chi connectivity index (χ1n) is 7.22. The molecule has 0 bridgehead atoms. The van der Waals surface area contributed by atoms with Crippen LogP contribution in [0.4, 0.5) is 4.79 Å². The van der Waals surface area contributed by atoms with Crippen molar-refractivity contribution >= 4 is 12.1 Å². The second-order valence-corrected chi connectivity index (χ2v) is 6.45. The summed E-state index contributed by atoms with van der Waals surface area (Å²) in [4.78, 5) is 25.4. The van der Waals surface area contributed by atoms with E-state index in [1.807, 2.05) is 0 Å². The van der Waals surface area contributed by atoms with Crippen LogP contribution in [-0.4, -0.2) is 38.8 Å². The lowest BCUT2D eigenvalue weighted by atomic mass is 10.1. The first-order valence-corrected chi connectivity index (χ1v) is 7.22.